The van der Waals surface area contributed by atoms with Crippen LogP contribution in [-0.4, -0.2) is 23.0 Å². The van der Waals surface area contributed by atoms with Gasteiger partial charge in [0.15, 0.2) is 11.6 Å². The molecule has 0 saturated heterocycles. The molecule has 0 fully saturated rings. The first-order chi connectivity index (χ1) is 9.92. The van der Waals surface area contributed by atoms with Gasteiger partial charge in [0.25, 0.3) is 0 Å². The van der Waals surface area contributed by atoms with Gasteiger partial charge in [-0.25, -0.2) is 13.8 Å². The number of alkyl halides is 1. The van der Waals surface area contributed by atoms with Gasteiger partial charge in [-0.15, -0.1) is 11.6 Å². The molecule has 0 bridgehead atoms. The maximum atomic E-state index is 13.4. The SMILES string of the molecule is CCC(C)(CCl)C(=O)N1N=CCC1c1ccc(F)c(F)c1. The molecule has 0 radical (unpaired) electrons. The lowest BCUT2D eigenvalue weighted by Gasteiger charge is -2.31. The summed E-state index contributed by atoms with van der Waals surface area (Å²) in [6.07, 6.45) is 2.65. The molecule has 1 aromatic rings. The molecule has 1 aliphatic rings. The fourth-order valence-corrected chi connectivity index (χ4v) is 2.49. The van der Waals surface area contributed by atoms with Crippen molar-refractivity contribution in [2.24, 2.45) is 10.5 Å². The van der Waals surface area contributed by atoms with Crippen LogP contribution in [0.3, 0.4) is 0 Å². The first kappa shape index (κ1) is 15.9. The fraction of sp³-hybridized carbons (Fsp3) is 0.467. The minimum absolute atomic E-state index is 0.179. The molecule has 6 heteroatoms. The van der Waals surface area contributed by atoms with E-state index in [4.69, 9.17) is 11.6 Å². The molecule has 1 amide bonds. The zero-order valence-electron chi connectivity index (χ0n) is 11.9. The number of halogens is 3. The Kier molecular flexibility index (Phi) is 4.61. The van der Waals surface area contributed by atoms with Gasteiger partial charge in [-0.05, 0) is 31.0 Å². The maximum Gasteiger partial charge on any atom is 0.250 e. The summed E-state index contributed by atoms with van der Waals surface area (Å²) in [7, 11) is 0. The number of amides is 1. The summed E-state index contributed by atoms with van der Waals surface area (Å²) >= 11 is 5.91. The van der Waals surface area contributed by atoms with Crippen molar-refractivity contribution in [3.63, 3.8) is 0 Å². The smallest absolute Gasteiger partial charge is 0.250 e. The normalized spacial score (nSPS) is 20.6. The number of hydrazone groups is 1. The standard InChI is InChI=1S/C15H17ClF2N2O/c1-3-15(2,9-16)14(21)20-13(6-7-19-20)10-4-5-11(17)12(18)8-10/h4-5,7-8,13H,3,6,9H2,1-2H3. The van der Waals surface area contributed by atoms with Gasteiger partial charge in [-0.1, -0.05) is 13.0 Å². The molecule has 21 heavy (non-hydrogen) atoms. The summed E-state index contributed by atoms with van der Waals surface area (Å²) in [5, 5.41) is 5.42. The van der Waals surface area contributed by atoms with E-state index in [1.807, 2.05) is 6.92 Å². The number of hydrogen-bond donors (Lipinski definition) is 0. The van der Waals surface area contributed by atoms with E-state index in [1.54, 1.807) is 13.1 Å². The minimum Gasteiger partial charge on any atom is -0.272 e. The van der Waals surface area contributed by atoms with Gasteiger partial charge in [0.05, 0.1) is 11.5 Å². The van der Waals surface area contributed by atoms with E-state index in [2.05, 4.69) is 5.10 Å². The minimum atomic E-state index is -0.928. The number of rotatable bonds is 4. The van der Waals surface area contributed by atoms with Crippen LogP contribution in [0.15, 0.2) is 23.3 Å². The number of carbonyl (C=O) groups excluding carboxylic acids is 1. The van der Waals surface area contributed by atoms with E-state index in [1.165, 1.54) is 11.1 Å². The van der Waals surface area contributed by atoms with Crippen molar-refractivity contribution >= 4 is 23.7 Å². The van der Waals surface area contributed by atoms with E-state index in [-0.39, 0.29) is 11.8 Å². The zero-order valence-corrected chi connectivity index (χ0v) is 12.7. The molecule has 0 aromatic heterocycles. The van der Waals surface area contributed by atoms with Crippen molar-refractivity contribution in [1.82, 2.24) is 5.01 Å². The van der Waals surface area contributed by atoms with Crippen molar-refractivity contribution in [2.45, 2.75) is 32.7 Å². The molecule has 2 unspecified atom stereocenters. The summed E-state index contributed by atoms with van der Waals surface area (Å²) in [4.78, 5) is 12.6. The first-order valence-electron chi connectivity index (χ1n) is 6.80. The lowest BCUT2D eigenvalue weighted by atomic mass is 9.88. The molecule has 3 nitrogen and oxygen atoms in total. The first-order valence-corrected chi connectivity index (χ1v) is 7.33. The van der Waals surface area contributed by atoms with Crippen LogP contribution in [-0.2, 0) is 4.79 Å². The third kappa shape index (κ3) is 2.93. The highest BCUT2D eigenvalue weighted by Crippen LogP contribution is 2.35. The van der Waals surface area contributed by atoms with Crippen LogP contribution >= 0.6 is 11.6 Å². The van der Waals surface area contributed by atoms with Gasteiger partial charge < -0.3 is 0 Å². The number of benzene rings is 1. The third-order valence-electron chi connectivity index (χ3n) is 3.96. The molecule has 0 N–H and O–H groups in total. The van der Waals surface area contributed by atoms with Crippen LogP contribution in [0.1, 0.15) is 38.3 Å². The Morgan fingerprint density at radius 2 is 2.19 bits per heavy atom. The number of nitrogens with zero attached hydrogens (tertiary/aromatic N) is 2. The van der Waals surface area contributed by atoms with Crippen LogP contribution in [0, 0.1) is 17.0 Å². The predicted octanol–water partition coefficient (Wildman–Crippen LogP) is 3.88. The van der Waals surface area contributed by atoms with E-state index in [9.17, 15) is 13.6 Å². The Labute approximate surface area is 127 Å². The topological polar surface area (TPSA) is 32.7 Å². The molecule has 0 spiro atoms. The van der Waals surface area contributed by atoms with Crippen LogP contribution in [0.5, 0.6) is 0 Å². The third-order valence-corrected chi connectivity index (χ3v) is 4.55. The largest absolute Gasteiger partial charge is 0.272 e. The summed E-state index contributed by atoms with van der Waals surface area (Å²) in [5.74, 6) is -1.86. The molecule has 1 aromatic carbocycles. The van der Waals surface area contributed by atoms with E-state index < -0.39 is 23.1 Å². The fourth-order valence-electron chi connectivity index (χ4n) is 2.19. The molecule has 2 atom stereocenters. The Hall–Kier alpha value is -1.49. The molecule has 2 rings (SSSR count). The highest BCUT2D eigenvalue weighted by molar-refractivity contribution is 6.19. The second-order valence-corrected chi connectivity index (χ2v) is 5.69. The summed E-state index contributed by atoms with van der Waals surface area (Å²) in [5.41, 5.74) is -0.201. The van der Waals surface area contributed by atoms with E-state index in [0.29, 0.717) is 18.4 Å². The second kappa shape index (κ2) is 6.10. The Morgan fingerprint density at radius 1 is 1.48 bits per heavy atom. The summed E-state index contributed by atoms with van der Waals surface area (Å²) in [6, 6.07) is 3.23. The molecule has 0 saturated carbocycles. The lowest BCUT2D eigenvalue weighted by molar-refractivity contribution is -0.142. The number of hydrogen-bond acceptors (Lipinski definition) is 2. The maximum absolute atomic E-state index is 13.4. The molecule has 1 heterocycles. The second-order valence-electron chi connectivity index (χ2n) is 5.42. The van der Waals surface area contributed by atoms with Gasteiger partial charge in [0, 0.05) is 18.5 Å². The average Bonchev–Trinajstić information content (AvgIpc) is 2.97. The van der Waals surface area contributed by atoms with Gasteiger partial charge in [-0.3, -0.25) is 4.79 Å². The van der Waals surface area contributed by atoms with Crippen molar-refractivity contribution < 1.29 is 13.6 Å². The van der Waals surface area contributed by atoms with Crippen molar-refractivity contribution in [2.75, 3.05) is 5.88 Å². The predicted molar refractivity (Wildman–Crippen MR) is 78.2 cm³/mol. The summed E-state index contributed by atoms with van der Waals surface area (Å²) in [6.45, 7) is 3.66. The zero-order chi connectivity index (χ0) is 15.6. The van der Waals surface area contributed by atoms with E-state index >= 15 is 0 Å². The highest BCUT2D eigenvalue weighted by Gasteiger charge is 2.39. The van der Waals surface area contributed by atoms with Crippen LogP contribution < -0.4 is 0 Å². The number of carbonyl (C=O) groups is 1. The molecule has 0 aliphatic carbocycles. The monoisotopic (exact) mass is 314 g/mol. The molecule has 114 valence electrons. The Balaban J connectivity index is 2.29. The molecule has 1 aliphatic heterocycles. The quantitative estimate of drug-likeness (QED) is 0.776. The van der Waals surface area contributed by atoms with Gasteiger partial charge in [0.2, 0.25) is 5.91 Å². The Morgan fingerprint density at radius 3 is 2.76 bits per heavy atom. The van der Waals surface area contributed by atoms with Crippen molar-refractivity contribution in [3.8, 4) is 0 Å². The van der Waals surface area contributed by atoms with Gasteiger partial charge in [-0.2, -0.15) is 5.10 Å². The van der Waals surface area contributed by atoms with Crippen molar-refractivity contribution in [1.29, 1.82) is 0 Å². The van der Waals surface area contributed by atoms with Gasteiger partial charge in [0.1, 0.15) is 0 Å². The highest BCUT2D eigenvalue weighted by atomic mass is 35.5. The molecular formula is C15H17ClF2N2O. The lowest BCUT2D eigenvalue weighted by Crippen LogP contribution is -2.40. The Bertz CT molecular complexity index is 573. The van der Waals surface area contributed by atoms with Crippen LogP contribution in [0.25, 0.3) is 0 Å². The van der Waals surface area contributed by atoms with Crippen LogP contribution in [0.2, 0.25) is 0 Å². The van der Waals surface area contributed by atoms with Crippen molar-refractivity contribution in [3.05, 3.63) is 35.4 Å². The molecular weight excluding hydrogens is 298 g/mol. The average molecular weight is 315 g/mol. The van der Waals surface area contributed by atoms with Crippen LogP contribution in [0.4, 0.5) is 8.78 Å². The van der Waals surface area contributed by atoms with E-state index in [0.717, 1.165) is 12.1 Å². The summed E-state index contributed by atoms with van der Waals surface area (Å²) < 4.78 is 26.4. The van der Waals surface area contributed by atoms with Gasteiger partial charge >= 0.3 is 0 Å².